The molecule has 1 atom stereocenters. The van der Waals surface area contributed by atoms with E-state index in [1.165, 1.54) is 0 Å². The molecule has 1 aliphatic heterocycles. The fourth-order valence-corrected chi connectivity index (χ4v) is 2.56. The molecule has 0 aromatic heterocycles. The van der Waals surface area contributed by atoms with Crippen molar-refractivity contribution in [3.63, 3.8) is 0 Å². The summed E-state index contributed by atoms with van der Waals surface area (Å²) in [4.78, 5) is 11.6. The first kappa shape index (κ1) is 15.0. The van der Waals surface area contributed by atoms with Crippen LogP contribution in [0.2, 0.25) is 5.02 Å². The minimum Gasteiger partial charge on any atom is -0.486 e. The van der Waals surface area contributed by atoms with Gasteiger partial charge in [-0.25, -0.2) is 0 Å². The smallest absolute Gasteiger partial charge is 0.306 e. The Morgan fingerprint density at radius 3 is 2.80 bits per heavy atom. The molecule has 20 heavy (non-hydrogen) atoms. The van der Waals surface area contributed by atoms with Gasteiger partial charge in [-0.1, -0.05) is 18.5 Å². The number of halogens is 1. The normalized spacial score (nSPS) is 14.8. The van der Waals surface area contributed by atoms with Gasteiger partial charge >= 0.3 is 5.97 Å². The molecule has 0 spiro atoms. The molecule has 2 rings (SSSR count). The molecule has 0 saturated heterocycles. The van der Waals surface area contributed by atoms with Crippen molar-refractivity contribution in [2.24, 2.45) is 0 Å². The number of carbonyl (C=O) groups excluding carboxylic acids is 1. The molecule has 1 heterocycles. The molecule has 0 aliphatic carbocycles. The molecule has 1 aromatic carbocycles. The zero-order chi connectivity index (χ0) is 14.5. The van der Waals surface area contributed by atoms with Crippen LogP contribution in [0.3, 0.4) is 0 Å². The van der Waals surface area contributed by atoms with E-state index in [0.717, 1.165) is 12.0 Å². The van der Waals surface area contributed by atoms with Gasteiger partial charge in [0, 0.05) is 0 Å². The van der Waals surface area contributed by atoms with E-state index in [0.29, 0.717) is 42.8 Å². The van der Waals surface area contributed by atoms with Crippen LogP contribution in [0.25, 0.3) is 0 Å². The summed E-state index contributed by atoms with van der Waals surface area (Å²) in [5.41, 5.74) is 0.981. The Bertz CT molecular complexity index is 487. The number of esters is 1. The molecule has 0 N–H and O–H groups in total. The summed E-state index contributed by atoms with van der Waals surface area (Å²) in [6.07, 6.45) is 1.18. The largest absolute Gasteiger partial charge is 0.486 e. The van der Waals surface area contributed by atoms with Crippen LogP contribution >= 0.6 is 11.6 Å². The van der Waals surface area contributed by atoms with E-state index in [1.54, 1.807) is 6.92 Å². The number of hydrogen-bond acceptors (Lipinski definition) is 4. The highest BCUT2D eigenvalue weighted by atomic mass is 35.5. The number of hydrogen-bond donors (Lipinski definition) is 0. The summed E-state index contributed by atoms with van der Waals surface area (Å²) >= 11 is 6.22. The molecular weight excluding hydrogens is 280 g/mol. The lowest BCUT2D eigenvalue weighted by molar-refractivity contribution is -0.143. The Balaban J connectivity index is 2.21. The lowest BCUT2D eigenvalue weighted by Crippen LogP contribution is -2.16. The number of rotatable bonds is 5. The first-order chi connectivity index (χ1) is 9.65. The van der Waals surface area contributed by atoms with Crippen molar-refractivity contribution in [1.29, 1.82) is 0 Å². The maximum atomic E-state index is 11.6. The second-order valence-corrected chi connectivity index (χ2v) is 5.05. The van der Waals surface area contributed by atoms with Crippen LogP contribution in [0.5, 0.6) is 11.5 Å². The quantitative estimate of drug-likeness (QED) is 0.780. The van der Waals surface area contributed by atoms with Crippen LogP contribution in [0.4, 0.5) is 0 Å². The Kier molecular flexibility index (Phi) is 5.12. The van der Waals surface area contributed by atoms with E-state index in [1.807, 2.05) is 19.1 Å². The van der Waals surface area contributed by atoms with Crippen molar-refractivity contribution >= 4 is 17.6 Å². The molecule has 1 unspecified atom stereocenters. The van der Waals surface area contributed by atoms with Gasteiger partial charge in [-0.2, -0.15) is 0 Å². The number of fused-ring (bicyclic) bond motifs is 1. The molecule has 1 aromatic rings. The molecule has 1 aliphatic rings. The SMILES string of the molecule is CCOC(=O)CC(CC)c1cc(Cl)c2c(c1)OCCO2. The zero-order valence-electron chi connectivity index (χ0n) is 11.8. The molecule has 5 heteroatoms. The minimum atomic E-state index is -0.189. The van der Waals surface area contributed by atoms with Gasteiger partial charge in [-0.05, 0) is 37.0 Å². The van der Waals surface area contributed by atoms with Gasteiger partial charge in [-0.15, -0.1) is 0 Å². The maximum Gasteiger partial charge on any atom is 0.306 e. The van der Waals surface area contributed by atoms with Gasteiger partial charge in [0.25, 0.3) is 0 Å². The molecule has 0 amide bonds. The highest BCUT2D eigenvalue weighted by Gasteiger charge is 2.21. The average molecular weight is 299 g/mol. The summed E-state index contributed by atoms with van der Waals surface area (Å²) in [6.45, 7) is 5.26. The third kappa shape index (κ3) is 3.37. The Morgan fingerprint density at radius 2 is 2.10 bits per heavy atom. The summed E-state index contributed by atoms with van der Waals surface area (Å²) < 4.78 is 16.1. The van der Waals surface area contributed by atoms with E-state index in [2.05, 4.69) is 0 Å². The molecule has 0 saturated carbocycles. The Labute approximate surface area is 124 Å². The average Bonchev–Trinajstić information content (AvgIpc) is 2.45. The number of ether oxygens (including phenoxy) is 3. The number of benzene rings is 1. The maximum absolute atomic E-state index is 11.6. The van der Waals surface area contributed by atoms with Crippen LogP contribution < -0.4 is 9.47 Å². The van der Waals surface area contributed by atoms with Crippen LogP contribution in [-0.2, 0) is 9.53 Å². The first-order valence-corrected chi connectivity index (χ1v) is 7.28. The third-order valence-electron chi connectivity index (χ3n) is 3.30. The van der Waals surface area contributed by atoms with Gasteiger partial charge in [0.05, 0.1) is 18.1 Å². The minimum absolute atomic E-state index is 0.0716. The standard InChI is InChI=1S/C15H19ClO4/c1-3-10(9-14(17)18-4-2)11-7-12(16)15-13(8-11)19-5-6-20-15/h7-8,10H,3-6,9H2,1-2H3. The summed E-state index contributed by atoms with van der Waals surface area (Å²) in [5.74, 6) is 1.13. The molecule has 110 valence electrons. The van der Waals surface area contributed by atoms with E-state index in [4.69, 9.17) is 25.8 Å². The van der Waals surface area contributed by atoms with Gasteiger partial charge < -0.3 is 14.2 Å². The predicted molar refractivity (Wildman–Crippen MR) is 76.7 cm³/mol. The van der Waals surface area contributed by atoms with Gasteiger partial charge in [-0.3, -0.25) is 4.79 Å². The third-order valence-corrected chi connectivity index (χ3v) is 3.58. The van der Waals surface area contributed by atoms with Crippen LogP contribution in [-0.4, -0.2) is 25.8 Å². The predicted octanol–water partition coefficient (Wildman–Crippen LogP) is 3.56. The molecule has 4 nitrogen and oxygen atoms in total. The van der Waals surface area contributed by atoms with E-state index < -0.39 is 0 Å². The first-order valence-electron chi connectivity index (χ1n) is 6.90. The van der Waals surface area contributed by atoms with Crippen molar-refractivity contribution < 1.29 is 19.0 Å². The Morgan fingerprint density at radius 1 is 1.35 bits per heavy atom. The van der Waals surface area contributed by atoms with Crippen LogP contribution in [0.15, 0.2) is 12.1 Å². The van der Waals surface area contributed by atoms with Crippen LogP contribution in [0, 0.1) is 0 Å². The second-order valence-electron chi connectivity index (χ2n) is 4.64. The van der Waals surface area contributed by atoms with E-state index in [-0.39, 0.29) is 11.9 Å². The molecule has 0 fully saturated rings. The lowest BCUT2D eigenvalue weighted by Gasteiger charge is -2.22. The zero-order valence-corrected chi connectivity index (χ0v) is 12.5. The van der Waals surface area contributed by atoms with Crippen molar-refractivity contribution in [3.8, 4) is 11.5 Å². The second kappa shape index (κ2) is 6.84. The van der Waals surface area contributed by atoms with Gasteiger partial charge in [0.15, 0.2) is 11.5 Å². The van der Waals surface area contributed by atoms with Crippen molar-refractivity contribution in [2.75, 3.05) is 19.8 Å². The van der Waals surface area contributed by atoms with Crippen molar-refractivity contribution in [2.45, 2.75) is 32.6 Å². The van der Waals surface area contributed by atoms with E-state index in [9.17, 15) is 4.79 Å². The fourth-order valence-electron chi connectivity index (χ4n) is 2.29. The molecule has 0 bridgehead atoms. The lowest BCUT2D eigenvalue weighted by atomic mass is 9.93. The highest BCUT2D eigenvalue weighted by molar-refractivity contribution is 6.32. The van der Waals surface area contributed by atoms with Gasteiger partial charge in [0.2, 0.25) is 0 Å². The molecule has 0 radical (unpaired) electrons. The van der Waals surface area contributed by atoms with Gasteiger partial charge in [0.1, 0.15) is 13.2 Å². The fraction of sp³-hybridized carbons (Fsp3) is 0.533. The van der Waals surface area contributed by atoms with Crippen molar-refractivity contribution in [3.05, 3.63) is 22.7 Å². The monoisotopic (exact) mass is 298 g/mol. The summed E-state index contributed by atoms with van der Waals surface area (Å²) in [5, 5.41) is 0.527. The van der Waals surface area contributed by atoms with Crippen LogP contribution in [0.1, 0.15) is 38.2 Å². The topological polar surface area (TPSA) is 44.8 Å². The number of carbonyl (C=O) groups is 1. The Hall–Kier alpha value is -1.42. The van der Waals surface area contributed by atoms with E-state index >= 15 is 0 Å². The summed E-state index contributed by atoms with van der Waals surface area (Å²) in [6, 6.07) is 3.76. The van der Waals surface area contributed by atoms with Crippen molar-refractivity contribution in [1.82, 2.24) is 0 Å². The summed E-state index contributed by atoms with van der Waals surface area (Å²) in [7, 11) is 0. The highest BCUT2D eigenvalue weighted by Crippen LogP contribution is 2.41. The molecular formula is C15H19ClO4.